The van der Waals surface area contributed by atoms with Crippen LogP contribution in [0.1, 0.15) is 43.0 Å². The van der Waals surface area contributed by atoms with Crippen LogP contribution in [0.5, 0.6) is 0 Å². The molecular weight excluding hydrogens is 314 g/mol. The molecule has 1 aliphatic heterocycles. The third-order valence-electron chi connectivity index (χ3n) is 4.09. The van der Waals surface area contributed by atoms with Crippen molar-refractivity contribution in [3.8, 4) is 0 Å². The summed E-state index contributed by atoms with van der Waals surface area (Å²) in [6.07, 6.45) is 3.20. The van der Waals surface area contributed by atoms with E-state index < -0.39 is 0 Å². The minimum absolute atomic E-state index is 0. The van der Waals surface area contributed by atoms with Crippen LogP contribution in [0.15, 0.2) is 30.3 Å². The number of likely N-dealkylation sites (tertiary alicyclic amines) is 1. The Bertz CT molecular complexity index is 502. The van der Waals surface area contributed by atoms with E-state index in [9.17, 15) is 9.59 Å². The Morgan fingerprint density at radius 3 is 2.43 bits per heavy atom. The summed E-state index contributed by atoms with van der Waals surface area (Å²) in [4.78, 5) is 26.1. The fraction of sp³-hybridized carbons (Fsp3) is 0.529. The summed E-state index contributed by atoms with van der Waals surface area (Å²) in [6.45, 7) is 3.35. The van der Waals surface area contributed by atoms with Gasteiger partial charge in [0.25, 0.3) is 5.91 Å². The molecule has 0 spiro atoms. The molecule has 0 saturated carbocycles. The summed E-state index contributed by atoms with van der Waals surface area (Å²) < 4.78 is 0. The van der Waals surface area contributed by atoms with Crippen LogP contribution >= 0.6 is 12.4 Å². The Morgan fingerprint density at radius 2 is 1.87 bits per heavy atom. The Balaban J connectivity index is 0.00000264. The summed E-state index contributed by atoms with van der Waals surface area (Å²) in [5.41, 5.74) is 6.56. The smallest absolute Gasteiger partial charge is 0.251 e. The topological polar surface area (TPSA) is 75.4 Å². The standard InChI is InChI=1S/C17H25N3O2.ClH/c1-2-6-15(18)17(22)20-11-9-14(10-12-20)19-16(21)13-7-4-3-5-8-13;/h3-5,7-8,14-15H,2,6,9-12,18H2,1H3,(H,19,21);1H. The minimum Gasteiger partial charge on any atom is -0.349 e. The van der Waals surface area contributed by atoms with Crippen LogP contribution in [0.2, 0.25) is 0 Å². The first-order chi connectivity index (χ1) is 10.6. The molecule has 0 bridgehead atoms. The van der Waals surface area contributed by atoms with Gasteiger partial charge in [0.15, 0.2) is 0 Å². The van der Waals surface area contributed by atoms with Gasteiger partial charge in [-0.05, 0) is 31.4 Å². The first-order valence-electron chi connectivity index (χ1n) is 8.02. The van der Waals surface area contributed by atoms with E-state index in [1.165, 1.54) is 0 Å². The first kappa shape index (κ1) is 19.5. The van der Waals surface area contributed by atoms with Crippen LogP contribution in [0.25, 0.3) is 0 Å². The second-order valence-electron chi connectivity index (χ2n) is 5.83. The maximum absolute atomic E-state index is 12.2. The second-order valence-corrected chi connectivity index (χ2v) is 5.83. The number of hydrogen-bond acceptors (Lipinski definition) is 3. The molecule has 2 rings (SSSR count). The summed E-state index contributed by atoms with van der Waals surface area (Å²) >= 11 is 0. The highest BCUT2D eigenvalue weighted by Crippen LogP contribution is 2.13. The van der Waals surface area contributed by atoms with Crippen molar-refractivity contribution >= 4 is 24.2 Å². The summed E-state index contributed by atoms with van der Waals surface area (Å²) in [5, 5.41) is 3.04. The SMILES string of the molecule is CCCC(N)C(=O)N1CCC(NC(=O)c2ccccc2)CC1.Cl. The zero-order chi connectivity index (χ0) is 15.9. The van der Waals surface area contributed by atoms with Gasteiger partial charge in [-0.15, -0.1) is 12.4 Å². The molecule has 5 nitrogen and oxygen atoms in total. The third-order valence-corrected chi connectivity index (χ3v) is 4.09. The predicted molar refractivity (Wildman–Crippen MR) is 93.6 cm³/mol. The van der Waals surface area contributed by atoms with Gasteiger partial charge in [0, 0.05) is 24.7 Å². The molecule has 1 heterocycles. The molecule has 1 unspecified atom stereocenters. The number of nitrogens with one attached hydrogen (secondary N) is 1. The number of piperidine rings is 1. The second kappa shape index (κ2) is 9.53. The van der Waals surface area contributed by atoms with Crippen LogP contribution in [-0.4, -0.2) is 41.9 Å². The fourth-order valence-corrected chi connectivity index (χ4v) is 2.77. The van der Waals surface area contributed by atoms with E-state index in [0.29, 0.717) is 18.7 Å². The van der Waals surface area contributed by atoms with E-state index in [1.807, 2.05) is 30.0 Å². The Labute approximate surface area is 144 Å². The number of nitrogens with zero attached hydrogens (tertiary/aromatic N) is 1. The molecule has 0 aromatic heterocycles. The van der Waals surface area contributed by atoms with Crippen molar-refractivity contribution < 1.29 is 9.59 Å². The molecule has 0 aliphatic carbocycles. The zero-order valence-electron chi connectivity index (χ0n) is 13.5. The Kier molecular flexibility index (Phi) is 8.06. The van der Waals surface area contributed by atoms with E-state index >= 15 is 0 Å². The van der Waals surface area contributed by atoms with E-state index in [0.717, 1.165) is 25.7 Å². The number of halogens is 1. The van der Waals surface area contributed by atoms with Gasteiger partial charge in [-0.1, -0.05) is 31.5 Å². The maximum atomic E-state index is 12.2. The molecule has 128 valence electrons. The van der Waals surface area contributed by atoms with Gasteiger partial charge in [-0.2, -0.15) is 0 Å². The van der Waals surface area contributed by atoms with Crippen molar-refractivity contribution in [2.24, 2.45) is 5.73 Å². The summed E-state index contributed by atoms with van der Waals surface area (Å²) in [5.74, 6) is -0.0113. The third kappa shape index (κ3) is 5.52. The van der Waals surface area contributed by atoms with Gasteiger partial charge < -0.3 is 16.0 Å². The fourth-order valence-electron chi connectivity index (χ4n) is 2.77. The van der Waals surface area contributed by atoms with Crippen LogP contribution in [-0.2, 0) is 4.79 Å². The molecule has 1 aromatic carbocycles. The molecule has 1 aromatic rings. The maximum Gasteiger partial charge on any atom is 0.251 e. The molecule has 23 heavy (non-hydrogen) atoms. The highest BCUT2D eigenvalue weighted by molar-refractivity contribution is 5.94. The number of hydrogen-bond donors (Lipinski definition) is 2. The Morgan fingerprint density at radius 1 is 1.26 bits per heavy atom. The summed E-state index contributed by atoms with van der Waals surface area (Å²) in [6, 6.07) is 8.94. The van der Waals surface area contributed by atoms with Gasteiger partial charge >= 0.3 is 0 Å². The number of rotatable bonds is 5. The molecule has 6 heteroatoms. The highest BCUT2D eigenvalue weighted by Gasteiger charge is 2.26. The predicted octanol–water partition coefficient (Wildman–Crippen LogP) is 1.96. The van der Waals surface area contributed by atoms with Gasteiger partial charge in [-0.25, -0.2) is 0 Å². The molecule has 1 aliphatic rings. The lowest BCUT2D eigenvalue weighted by Crippen LogP contribution is -2.50. The average Bonchev–Trinajstić information content (AvgIpc) is 2.56. The first-order valence-corrected chi connectivity index (χ1v) is 8.02. The zero-order valence-corrected chi connectivity index (χ0v) is 14.3. The monoisotopic (exact) mass is 339 g/mol. The average molecular weight is 340 g/mol. The van der Waals surface area contributed by atoms with Gasteiger partial charge in [-0.3, -0.25) is 9.59 Å². The lowest BCUT2D eigenvalue weighted by atomic mass is 10.0. The van der Waals surface area contributed by atoms with Gasteiger partial charge in [0.2, 0.25) is 5.91 Å². The lowest BCUT2D eigenvalue weighted by Gasteiger charge is -2.33. The highest BCUT2D eigenvalue weighted by atomic mass is 35.5. The van der Waals surface area contributed by atoms with Gasteiger partial charge in [0.1, 0.15) is 0 Å². The van der Waals surface area contributed by atoms with E-state index in [-0.39, 0.29) is 36.3 Å². The molecule has 0 radical (unpaired) electrons. The van der Waals surface area contributed by atoms with Crippen LogP contribution < -0.4 is 11.1 Å². The normalized spacial score (nSPS) is 16.3. The van der Waals surface area contributed by atoms with E-state index in [2.05, 4.69) is 5.32 Å². The molecular formula is C17H26ClN3O2. The Hall–Kier alpha value is -1.59. The van der Waals surface area contributed by atoms with Crippen molar-refractivity contribution in [1.82, 2.24) is 10.2 Å². The molecule has 1 atom stereocenters. The van der Waals surface area contributed by atoms with Crippen LogP contribution in [0.3, 0.4) is 0 Å². The van der Waals surface area contributed by atoms with E-state index in [4.69, 9.17) is 5.73 Å². The number of amides is 2. The minimum atomic E-state index is -0.388. The quantitative estimate of drug-likeness (QED) is 0.861. The van der Waals surface area contributed by atoms with E-state index in [1.54, 1.807) is 12.1 Å². The van der Waals surface area contributed by atoms with Crippen molar-refractivity contribution in [3.63, 3.8) is 0 Å². The number of carbonyl (C=O) groups is 2. The lowest BCUT2D eigenvalue weighted by molar-refractivity contribution is -0.133. The van der Waals surface area contributed by atoms with Crippen molar-refractivity contribution in [2.75, 3.05) is 13.1 Å². The van der Waals surface area contributed by atoms with Gasteiger partial charge in [0.05, 0.1) is 6.04 Å². The molecule has 2 amide bonds. The van der Waals surface area contributed by atoms with Crippen LogP contribution in [0.4, 0.5) is 0 Å². The van der Waals surface area contributed by atoms with Crippen molar-refractivity contribution in [2.45, 2.75) is 44.7 Å². The number of carbonyl (C=O) groups excluding carboxylic acids is 2. The number of nitrogens with two attached hydrogens (primary N) is 1. The largest absolute Gasteiger partial charge is 0.349 e. The van der Waals surface area contributed by atoms with Crippen molar-refractivity contribution in [1.29, 1.82) is 0 Å². The molecule has 1 saturated heterocycles. The van der Waals surface area contributed by atoms with Crippen molar-refractivity contribution in [3.05, 3.63) is 35.9 Å². The molecule has 1 fully saturated rings. The van der Waals surface area contributed by atoms with Crippen LogP contribution in [0, 0.1) is 0 Å². The molecule has 3 N–H and O–H groups in total. The number of benzene rings is 1. The summed E-state index contributed by atoms with van der Waals surface area (Å²) in [7, 11) is 0.